The molecule has 1 fully saturated rings. The topological polar surface area (TPSA) is 49.9 Å². The zero-order chi connectivity index (χ0) is 16.4. The third-order valence-corrected chi connectivity index (χ3v) is 4.70. The molecule has 2 aliphatic heterocycles. The van der Waals surface area contributed by atoms with Gasteiger partial charge in [0.25, 0.3) is 0 Å². The number of nitrogens with zero attached hydrogens (tertiary/aromatic N) is 2. The molecule has 2 heterocycles. The fourth-order valence-electron chi connectivity index (χ4n) is 3.52. The third-order valence-electron chi connectivity index (χ3n) is 4.70. The first kappa shape index (κ1) is 16.0. The van der Waals surface area contributed by atoms with E-state index in [9.17, 15) is 9.59 Å². The van der Waals surface area contributed by atoms with Crippen LogP contribution in [0.5, 0.6) is 0 Å². The van der Waals surface area contributed by atoms with Gasteiger partial charge in [-0.2, -0.15) is 0 Å². The van der Waals surface area contributed by atoms with Gasteiger partial charge in [0.2, 0.25) is 11.8 Å². The van der Waals surface area contributed by atoms with E-state index in [1.165, 1.54) is 12.5 Å². The molecule has 2 amide bonds. The average Bonchev–Trinajstić information content (AvgIpc) is 3.12. The van der Waals surface area contributed by atoms with Crippen molar-refractivity contribution >= 4 is 17.5 Å². The van der Waals surface area contributed by atoms with Crippen LogP contribution in [0, 0.1) is 0 Å². The molecular weight excluding hydrogens is 292 g/mol. The normalized spacial score (nSPS) is 23.0. The van der Waals surface area contributed by atoms with Crippen molar-refractivity contribution in [3.63, 3.8) is 0 Å². The number of benzene rings is 1. The van der Waals surface area contributed by atoms with Gasteiger partial charge in [-0.05, 0) is 37.8 Å². The number of hydrogen-bond acceptors (Lipinski definition) is 3. The molecule has 0 radical (unpaired) electrons. The first-order chi connectivity index (χ1) is 11.1. The Morgan fingerprint density at radius 2 is 2.13 bits per heavy atom. The Hall–Kier alpha value is -1.88. The van der Waals surface area contributed by atoms with Crippen LogP contribution in [0.4, 0.5) is 5.69 Å². The van der Waals surface area contributed by atoms with E-state index in [0.717, 1.165) is 31.6 Å². The molecule has 1 saturated heterocycles. The molecule has 0 bridgehead atoms. The molecule has 0 aliphatic carbocycles. The maximum atomic E-state index is 12.8. The van der Waals surface area contributed by atoms with Crippen molar-refractivity contribution in [3.05, 3.63) is 29.8 Å². The van der Waals surface area contributed by atoms with Gasteiger partial charge in [0.15, 0.2) is 0 Å². The van der Waals surface area contributed by atoms with Gasteiger partial charge in [0.1, 0.15) is 6.54 Å². The Balaban J connectivity index is 1.70. The van der Waals surface area contributed by atoms with E-state index in [1.54, 1.807) is 4.90 Å². The highest BCUT2D eigenvalue weighted by molar-refractivity contribution is 5.98. The first-order valence-corrected chi connectivity index (χ1v) is 8.33. The van der Waals surface area contributed by atoms with E-state index >= 15 is 0 Å². The van der Waals surface area contributed by atoms with E-state index < -0.39 is 0 Å². The van der Waals surface area contributed by atoms with Crippen molar-refractivity contribution in [2.24, 2.45) is 0 Å². The summed E-state index contributed by atoms with van der Waals surface area (Å²) in [6, 6.07) is 8.13. The number of hydrogen-bond donors (Lipinski definition) is 0. The molecule has 2 atom stereocenters. The van der Waals surface area contributed by atoms with Gasteiger partial charge in [-0.3, -0.25) is 9.59 Å². The Labute approximate surface area is 137 Å². The second-order valence-corrected chi connectivity index (χ2v) is 6.48. The predicted molar refractivity (Wildman–Crippen MR) is 88.3 cm³/mol. The maximum Gasteiger partial charge on any atom is 0.246 e. The fraction of sp³-hybridized carbons (Fsp3) is 0.556. The van der Waals surface area contributed by atoms with Crippen LogP contribution in [0.1, 0.15) is 32.3 Å². The van der Waals surface area contributed by atoms with Crippen molar-refractivity contribution < 1.29 is 14.3 Å². The van der Waals surface area contributed by atoms with Crippen molar-refractivity contribution in [3.8, 4) is 0 Å². The highest BCUT2D eigenvalue weighted by Crippen LogP contribution is 2.31. The summed E-state index contributed by atoms with van der Waals surface area (Å²) in [5.74, 6) is -0.0929. The number of fused-ring (bicyclic) bond motifs is 1. The Morgan fingerprint density at radius 3 is 2.83 bits per heavy atom. The number of rotatable bonds is 4. The summed E-state index contributed by atoms with van der Waals surface area (Å²) in [6.45, 7) is 4.94. The minimum Gasteiger partial charge on any atom is -0.376 e. The van der Waals surface area contributed by atoms with Gasteiger partial charge in [-0.25, -0.2) is 0 Å². The summed E-state index contributed by atoms with van der Waals surface area (Å²) in [5.41, 5.74) is 2.17. The van der Waals surface area contributed by atoms with Crippen LogP contribution in [-0.2, 0) is 20.7 Å². The Kier molecular flexibility index (Phi) is 4.66. The predicted octanol–water partition coefficient (Wildman–Crippen LogP) is 1.99. The molecule has 23 heavy (non-hydrogen) atoms. The molecule has 0 N–H and O–H groups in total. The molecule has 2 unspecified atom stereocenters. The van der Waals surface area contributed by atoms with Crippen LogP contribution < -0.4 is 4.90 Å². The highest BCUT2D eigenvalue weighted by atomic mass is 16.5. The molecule has 5 heteroatoms. The van der Waals surface area contributed by atoms with Gasteiger partial charge in [-0.15, -0.1) is 0 Å². The number of carbonyl (C=O) groups excluding carboxylic acids is 2. The SMILES string of the molecule is CC(=O)N(CC(=O)N1c2ccccc2CC1C)CC1CCCO1. The van der Waals surface area contributed by atoms with Crippen LogP contribution in [0.3, 0.4) is 0 Å². The molecule has 2 aliphatic rings. The second kappa shape index (κ2) is 6.71. The molecule has 0 aromatic heterocycles. The molecule has 0 spiro atoms. The largest absolute Gasteiger partial charge is 0.376 e. The van der Waals surface area contributed by atoms with Gasteiger partial charge in [0.05, 0.1) is 6.10 Å². The van der Waals surface area contributed by atoms with Gasteiger partial charge < -0.3 is 14.5 Å². The van der Waals surface area contributed by atoms with Crippen molar-refractivity contribution in [2.75, 3.05) is 24.6 Å². The number of carbonyl (C=O) groups is 2. The van der Waals surface area contributed by atoms with Crippen LogP contribution in [-0.4, -0.2) is 48.6 Å². The molecule has 3 rings (SSSR count). The quantitative estimate of drug-likeness (QED) is 0.853. The average molecular weight is 316 g/mol. The molecule has 5 nitrogen and oxygen atoms in total. The maximum absolute atomic E-state index is 12.8. The standard InChI is InChI=1S/C18H24N2O3/c1-13-10-15-6-3-4-8-17(15)20(13)18(22)12-19(14(2)21)11-16-7-5-9-23-16/h3-4,6,8,13,16H,5,7,9-12H2,1-2H3. The van der Waals surface area contributed by atoms with Crippen molar-refractivity contribution in [1.29, 1.82) is 0 Å². The van der Waals surface area contributed by atoms with Crippen LogP contribution in [0.25, 0.3) is 0 Å². The smallest absolute Gasteiger partial charge is 0.246 e. The van der Waals surface area contributed by atoms with E-state index in [4.69, 9.17) is 4.74 Å². The van der Waals surface area contributed by atoms with E-state index in [0.29, 0.717) is 6.54 Å². The molecule has 1 aromatic carbocycles. The minimum atomic E-state index is -0.0750. The van der Waals surface area contributed by atoms with E-state index in [1.807, 2.05) is 23.1 Å². The third kappa shape index (κ3) is 3.39. The second-order valence-electron chi connectivity index (χ2n) is 6.48. The van der Waals surface area contributed by atoms with Gasteiger partial charge in [0, 0.05) is 31.8 Å². The summed E-state index contributed by atoms with van der Waals surface area (Å²) in [7, 11) is 0. The van der Waals surface area contributed by atoms with E-state index in [-0.39, 0.29) is 30.5 Å². The van der Waals surface area contributed by atoms with Crippen molar-refractivity contribution in [2.45, 2.75) is 45.3 Å². The van der Waals surface area contributed by atoms with Crippen LogP contribution in [0.2, 0.25) is 0 Å². The number of para-hydroxylation sites is 1. The van der Waals surface area contributed by atoms with Crippen LogP contribution in [0.15, 0.2) is 24.3 Å². The zero-order valence-electron chi connectivity index (χ0n) is 13.8. The minimum absolute atomic E-state index is 0.0179. The Bertz CT molecular complexity index is 596. The lowest BCUT2D eigenvalue weighted by atomic mass is 10.1. The number of anilines is 1. The monoisotopic (exact) mass is 316 g/mol. The number of amides is 2. The zero-order valence-corrected chi connectivity index (χ0v) is 13.8. The lowest BCUT2D eigenvalue weighted by Gasteiger charge is -2.28. The molecule has 1 aromatic rings. The molecule has 0 saturated carbocycles. The first-order valence-electron chi connectivity index (χ1n) is 8.33. The van der Waals surface area contributed by atoms with Gasteiger partial charge in [-0.1, -0.05) is 18.2 Å². The van der Waals surface area contributed by atoms with Crippen LogP contribution >= 0.6 is 0 Å². The summed E-state index contributed by atoms with van der Waals surface area (Å²) in [4.78, 5) is 28.2. The molecular formula is C18H24N2O3. The lowest BCUT2D eigenvalue weighted by molar-refractivity contribution is -0.135. The van der Waals surface area contributed by atoms with Crippen molar-refractivity contribution in [1.82, 2.24) is 4.90 Å². The highest BCUT2D eigenvalue weighted by Gasteiger charge is 2.32. The fourth-order valence-corrected chi connectivity index (χ4v) is 3.52. The van der Waals surface area contributed by atoms with E-state index in [2.05, 4.69) is 13.0 Å². The van der Waals surface area contributed by atoms with Gasteiger partial charge >= 0.3 is 0 Å². The summed E-state index contributed by atoms with van der Waals surface area (Å²) < 4.78 is 5.60. The Morgan fingerprint density at radius 1 is 1.35 bits per heavy atom. The summed E-state index contributed by atoms with van der Waals surface area (Å²) >= 11 is 0. The summed E-state index contributed by atoms with van der Waals surface area (Å²) in [5, 5.41) is 0. The molecule has 124 valence electrons. The lowest BCUT2D eigenvalue weighted by Crippen LogP contribution is -2.46. The summed E-state index contributed by atoms with van der Waals surface area (Å²) in [6.07, 6.45) is 2.92. The number of ether oxygens (including phenoxy) is 1.